The first-order valence-corrected chi connectivity index (χ1v) is 13.8. The number of rotatable bonds is 7. The van der Waals surface area contributed by atoms with Crippen molar-refractivity contribution in [1.82, 2.24) is 14.8 Å². The first-order valence-electron chi connectivity index (χ1n) is 13.8. The Morgan fingerprint density at radius 3 is 2.89 bits per heavy atom. The lowest BCUT2D eigenvalue weighted by molar-refractivity contribution is -0.121. The van der Waals surface area contributed by atoms with Gasteiger partial charge in [-0.2, -0.15) is 0 Å². The van der Waals surface area contributed by atoms with Crippen LogP contribution in [0.25, 0.3) is 10.9 Å². The Labute approximate surface area is 215 Å². The number of hydrogen-bond donors (Lipinski definition) is 2. The van der Waals surface area contributed by atoms with Gasteiger partial charge in [0.1, 0.15) is 0 Å². The van der Waals surface area contributed by atoms with E-state index < -0.39 is 11.0 Å². The van der Waals surface area contributed by atoms with Crippen LogP contribution >= 0.6 is 0 Å². The minimum absolute atomic E-state index is 0.141. The third kappa shape index (κ3) is 2.61. The number of aryl methyl sites for hydroxylation is 1. The molecule has 8 rings (SSSR count). The molecule has 2 fully saturated rings. The van der Waals surface area contributed by atoms with E-state index in [0.717, 1.165) is 60.4 Å². The van der Waals surface area contributed by atoms with Crippen molar-refractivity contribution in [3.05, 3.63) is 58.8 Å². The summed E-state index contributed by atoms with van der Waals surface area (Å²) in [6.45, 7) is 2.21. The fourth-order valence-corrected chi connectivity index (χ4v) is 8.69. The minimum Gasteiger partial charge on any atom is -0.504 e. The smallest absolute Gasteiger partial charge is 0.207 e. The molecule has 2 aromatic carbocycles. The van der Waals surface area contributed by atoms with Gasteiger partial charge in [0, 0.05) is 42.0 Å². The molecule has 5 aliphatic rings. The number of fused-ring (bicyclic) bond motifs is 4. The van der Waals surface area contributed by atoms with Crippen LogP contribution in [0.2, 0.25) is 0 Å². The van der Waals surface area contributed by atoms with Gasteiger partial charge in [-0.3, -0.25) is 14.1 Å². The molecule has 1 amide bonds. The number of aromatic hydroxyl groups is 1. The highest BCUT2D eigenvalue weighted by Crippen LogP contribution is 2.69. The van der Waals surface area contributed by atoms with Crippen LogP contribution in [0.15, 0.2) is 36.4 Å². The number of nitrogens with one attached hydrogen (secondary N) is 1. The molecule has 3 aromatic rings. The molecule has 6 nitrogen and oxygen atoms in total. The van der Waals surface area contributed by atoms with Gasteiger partial charge >= 0.3 is 0 Å². The van der Waals surface area contributed by atoms with Crippen molar-refractivity contribution < 1.29 is 19.0 Å². The SMILES string of the molecule is O=CN[C@@]12Cc3c(n(CCCF)c4ccccc34)[C@@H]3Oc4c(O)ccc5c4[C@]31CCN(CC1CC1)[C@@H]2C5. The molecule has 1 spiro atoms. The number of carbonyl (C=O) groups is 1. The van der Waals surface area contributed by atoms with Gasteiger partial charge in [-0.25, -0.2) is 0 Å². The Kier molecular flexibility index (Phi) is 4.45. The molecule has 2 bridgehead atoms. The zero-order valence-corrected chi connectivity index (χ0v) is 20.9. The fraction of sp³-hybridized carbons (Fsp3) is 0.500. The van der Waals surface area contributed by atoms with Gasteiger partial charge < -0.3 is 19.7 Å². The van der Waals surface area contributed by atoms with E-state index in [1.807, 2.05) is 6.07 Å². The number of nitrogens with zero attached hydrogens (tertiary/aromatic N) is 2. The molecule has 0 radical (unpaired) electrons. The normalized spacial score (nSPS) is 31.1. The molecule has 1 saturated carbocycles. The highest BCUT2D eigenvalue weighted by Gasteiger charge is 2.73. The predicted octanol–water partition coefficient (Wildman–Crippen LogP) is 4.16. The van der Waals surface area contributed by atoms with Gasteiger partial charge in [0.05, 0.1) is 23.3 Å². The van der Waals surface area contributed by atoms with Crippen LogP contribution in [-0.4, -0.2) is 52.3 Å². The number of phenolic OH excluding ortho intramolecular Hbond substituents is 1. The van der Waals surface area contributed by atoms with Gasteiger partial charge in [-0.15, -0.1) is 0 Å². The number of likely N-dealkylation sites (tertiary alicyclic amines) is 1. The summed E-state index contributed by atoms with van der Waals surface area (Å²) >= 11 is 0. The largest absolute Gasteiger partial charge is 0.504 e. The molecule has 2 N–H and O–H groups in total. The zero-order chi connectivity index (χ0) is 24.9. The number of phenols is 1. The Morgan fingerprint density at radius 2 is 2.08 bits per heavy atom. The molecular weight excluding hydrogens is 469 g/mol. The molecule has 1 saturated heterocycles. The van der Waals surface area contributed by atoms with E-state index in [0.29, 0.717) is 25.1 Å². The molecule has 37 heavy (non-hydrogen) atoms. The average molecular weight is 502 g/mol. The van der Waals surface area contributed by atoms with E-state index in [9.17, 15) is 14.3 Å². The molecule has 4 atom stereocenters. The summed E-state index contributed by atoms with van der Waals surface area (Å²) in [6, 6.07) is 12.3. The first kappa shape index (κ1) is 22.0. The van der Waals surface area contributed by atoms with Crippen LogP contribution in [0.5, 0.6) is 11.5 Å². The molecule has 192 valence electrons. The van der Waals surface area contributed by atoms with Crippen molar-refractivity contribution >= 4 is 17.3 Å². The van der Waals surface area contributed by atoms with E-state index >= 15 is 0 Å². The number of carbonyl (C=O) groups excluding carboxylic acids is 1. The second-order valence-corrected chi connectivity index (χ2v) is 11.8. The topological polar surface area (TPSA) is 66.7 Å². The molecule has 3 heterocycles. The van der Waals surface area contributed by atoms with Crippen molar-refractivity contribution in [2.24, 2.45) is 5.92 Å². The number of para-hydroxylation sites is 1. The Balaban J connectivity index is 1.44. The Bertz CT molecular complexity index is 1450. The number of hydrogen-bond acceptors (Lipinski definition) is 4. The second kappa shape index (κ2) is 7.50. The van der Waals surface area contributed by atoms with E-state index in [1.165, 1.54) is 24.0 Å². The number of ether oxygens (including phenoxy) is 1. The number of aromatic nitrogens is 1. The maximum atomic E-state index is 13.5. The van der Waals surface area contributed by atoms with Crippen molar-refractivity contribution in [3.63, 3.8) is 0 Å². The van der Waals surface area contributed by atoms with E-state index in [-0.39, 0.29) is 24.6 Å². The lowest BCUT2D eigenvalue weighted by atomic mass is 9.47. The molecule has 0 unspecified atom stereocenters. The minimum atomic E-state index is -0.555. The van der Waals surface area contributed by atoms with Crippen LogP contribution in [-0.2, 0) is 29.6 Å². The number of piperidine rings is 1. The van der Waals surface area contributed by atoms with Crippen LogP contribution in [0, 0.1) is 5.92 Å². The molecular formula is C30H32FN3O3. The van der Waals surface area contributed by atoms with Gasteiger partial charge in [-0.05, 0) is 67.8 Å². The number of halogens is 1. The van der Waals surface area contributed by atoms with Crippen LogP contribution in [0.4, 0.5) is 4.39 Å². The Hall–Kier alpha value is -3.06. The average Bonchev–Trinajstić information content (AvgIpc) is 3.57. The second-order valence-electron chi connectivity index (χ2n) is 11.8. The lowest BCUT2D eigenvalue weighted by Gasteiger charge is -2.65. The van der Waals surface area contributed by atoms with Gasteiger partial charge in [0.2, 0.25) is 6.41 Å². The number of benzene rings is 2. The summed E-state index contributed by atoms with van der Waals surface area (Å²) in [5.41, 5.74) is 4.64. The van der Waals surface area contributed by atoms with Crippen LogP contribution in [0.3, 0.4) is 0 Å². The molecule has 1 aromatic heterocycles. The predicted molar refractivity (Wildman–Crippen MR) is 138 cm³/mol. The van der Waals surface area contributed by atoms with Crippen molar-refractivity contribution in [1.29, 1.82) is 0 Å². The summed E-state index contributed by atoms with van der Waals surface area (Å²) < 4.78 is 22.6. The van der Waals surface area contributed by atoms with Gasteiger partial charge in [0.25, 0.3) is 0 Å². The Morgan fingerprint density at radius 1 is 1.22 bits per heavy atom. The summed E-state index contributed by atoms with van der Waals surface area (Å²) in [4.78, 5) is 15.1. The summed E-state index contributed by atoms with van der Waals surface area (Å²) in [5, 5.41) is 15.6. The summed E-state index contributed by atoms with van der Waals surface area (Å²) in [5.74, 6) is 1.48. The van der Waals surface area contributed by atoms with E-state index in [4.69, 9.17) is 4.74 Å². The first-order chi connectivity index (χ1) is 18.1. The highest BCUT2D eigenvalue weighted by atomic mass is 19.1. The van der Waals surface area contributed by atoms with Crippen molar-refractivity contribution in [2.75, 3.05) is 19.8 Å². The van der Waals surface area contributed by atoms with Crippen molar-refractivity contribution in [2.45, 2.75) is 68.2 Å². The van der Waals surface area contributed by atoms with Gasteiger partial charge in [0.15, 0.2) is 17.6 Å². The highest BCUT2D eigenvalue weighted by molar-refractivity contribution is 5.87. The summed E-state index contributed by atoms with van der Waals surface area (Å²) in [6.07, 6.45) is 5.91. The lowest BCUT2D eigenvalue weighted by Crippen LogP contribution is -2.79. The maximum absolute atomic E-state index is 13.5. The fourth-order valence-electron chi connectivity index (χ4n) is 8.69. The quantitative estimate of drug-likeness (QED) is 0.477. The number of alkyl halides is 1. The zero-order valence-electron chi connectivity index (χ0n) is 20.9. The van der Waals surface area contributed by atoms with E-state index in [2.05, 4.69) is 39.0 Å². The van der Waals surface area contributed by atoms with Gasteiger partial charge in [-0.1, -0.05) is 24.3 Å². The molecule has 7 heteroatoms. The van der Waals surface area contributed by atoms with Crippen LogP contribution < -0.4 is 10.1 Å². The van der Waals surface area contributed by atoms with E-state index in [1.54, 1.807) is 6.07 Å². The molecule has 2 aliphatic heterocycles. The third-order valence-corrected chi connectivity index (χ3v) is 10.2. The molecule has 3 aliphatic carbocycles. The standard InChI is InChI=1S/C30H32FN3O3/c31-11-3-12-34-22-5-2-1-4-20(22)21-15-30(32-17-35)24-14-19-8-9-23(36)27-25(19)29(30,28(37-27)26(21)34)10-13-33(24)16-18-6-7-18/h1-2,4-5,8-9,17-18,24,28,36H,3,6-7,10-16H2,(H,32,35)/t24-,28+,29-,30-/m1/s1. The third-order valence-electron chi connectivity index (χ3n) is 10.2. The summed E-state index contributed by atoms with van der Waals surface area (Å²) in [7, 11) is 0. The maximum Gasteiger partial charge on any atom is 0.207 e. The number of amides is 1. The monoisotopic (exact) mass is 501 g/mol. The van der Waals surface area contributed by atoms with Crippen molar-refractivity contribution in [3.8, 4) is 11.5 Å². The van der Waals surface area contributed by atoms with Crippen LogP contribution in [0.1, 0.15) is 54.2 Å².